The van der Waals surface area contributed by atoms with Crippen molar-refractivity contribution in [3.8, 4) is 0 Å². The quantitative estimate of drug-likeness (QED) is 0.597. The van der Waals surface area contributed by atoms with Gasteiger partial charge in [0.2, 0.25) is 0 Å². The Kier molecular flexibility index (Phi) is 5.25. The predicted octanol–water partition coefficient (Wildman–Crippen LogP) is 4.10. The summed E-state index contributed by atoms with van der Waals surface area (Å²) in [5.74, 6) is 0.861. The standard InChI is InChI=1S/C19H23N3O/c23-12-5-1-2-7-15-13-16-8-6-11-21-19(16)17(14-15)22-18-9-3-4-10-20-18/h3-4,9-10,12-14,21H,1-2,5-8,11H2,(H,20,22). The first-order valence-electron chi connectivity index (χ1n) is 8.38. The van der Waals surface area contributed by atoms with Gasteiger partial charge in [-0.3, -0.25) is 0 Å². The van der Waals surface area contributed by atoms with E-state index < -0.39 is 0 Å². The lowest BCUT2D eigenvalue weighted by Gasteiger charge is -2.23. The molecule has 120 valence electrons. The van der Waals surface area contributed by atoms with E-state index in [0.29, 0.717) is 6.42 Å². The molecule has 4 heteroatoms. The SMILES string of the molecule is O=CCCCCc1cc2c(c(Nc3ccccn3)c1)NCCC2. The minimum atomic E-state index is 0.658. The van der Waals surface area contributed by atoms with Gasteiger partial charge in [-0.2, -0.15) is 0 Å². The first-order chi connectivity index (χ1) is 11.4. The number of benzene rings is 1. The maximum absolute atomic E-state index is 10.4. The molecule has 0 aliphatic carbocycles. The molecule has 0 fully saturated rings. The number of rotatable bonds is 7. The van der Waals surface area contributed by atoms with Gasteiger partial charge in [-0.1, -0.05) is 12.1 Å². The summed E-state index contributed by atoms with van der Waals surface area (Å²) in [5, 5.41) is 6.96. The molecule has 0 atom stereocenters. The highest BCUT2D eigenvalue weighted by Gasteiger charge is 2.15. The summed E-state index contributed by atoms with van der Waals surface area (Å²) in [4.78, 5) is 14.8. The van der Waals surface area contributed by atoms with Crippen LogP contribution in [-0.2, 0) is 17.6 Å². The third kappa shape index (κ3) is 4.09. The first-order valence-corrected chi connectivity index (χ1v) is 8.38. The van der Waals surface area contributed by atoms with Crippen molar-refractivity contribution in [1.29, 1.82) is 0 Å². The fraction of sp³-hybridized carbons (Fsp3) is 0.368. The topological polar surface area (TPSA) is 54.0 Å². The molecule has 1 aromatic heterocycles. The van der Waals surface area contributed by atoms with E-state index >= 15 is 0 Å². The summed E-state index contributed by atoms with van der Waals surface area (Å²) >= 11 is 0. The molecule has 0 unspecified atom stereocenters. The van der Waals surface area contributed by atoms with E-state index in [0.717, 1.165) is 50.0 Å². The molecule has 0 amide bonds. The molecule has 0 bridgehead atoms. The van der Waals surface area contributed by atoms with Gasteiger partial charge >= 0.3 is 0 Å². The number of hydrogen-bond donors (Lipinski definition) is 2. The van der Waals surface area contributed by atoms with Gasteiger partial charge in [0.1, 0.15) is 12.1 Å². The summed E-state index contributed by atoms with van der Waals surface area (Å²) in [6.45, 7) is 1.02. The normalized spacial score (nSPS) is 13.0. The molecule has 1 aromatic carbocycles. The highest BCUT2D eigenvalue weighted by atomic mass is 16.1. The minimum absolute atomic E-state index is 0.658. The van der Waals surface area contributed by atoms with Crippen LogP contribution < -0.4 is 10.6 Å². The second-order valence-corrected chi connectivity index (χ2v) is 5.96. The summed E-state index contributed by atoms with van der Waals surface area (Å²) < 4.78 is 0. The second kappa shape index (κ2) is 7.77. The number of unbranched alkanes of at least 4 members (excludes halogenated alkanes) is 2. The van der Waals surface area contributed by atoms with Crippen molar-refractivity contribution in [1.82, 2.24) is 4.98 Å². The number of nitrogens with zero attached hydrogens (tertiary/aromatic N) is 1. The smallest absolute Gasteiger partial charge is 0.130 e. The van der Waals surface area contributed by atoms with Gasteiger partial charge in [0.05, 0.1) is 11.4 Å². The number of aryl methyl sites for hydroxylation is 2. The van der Waals surface area contributed by atoms with E-state index in [9.17, 15) is 4.79 Å². The van der Waals surface area contributed by atoms with Gasteiger partial charge < -0.3 is 15.4 Å². The van der Waals surface area contributed by atoms with Crippen LogP contribution in [0.5, 0.6) is 0 Å². The maximum atomic E-state index is 10.4. The van der Waals surface area contributed by atoms with Crippen LogP contribution in [0.15, 0.2) is 36.5 Å². The zero-order valence-corrected chi connectivity index (χ0v) is 13.3. The lowest BCUT2D eigenvalue weighted by atomic mass is 9.96. The van der Waals surface area contributed by atoms with Crippen molar-refractivity contribution in [3.05, 3.63) is 47.7 Å². The van der Waals surface area contributed by atoms with Crippen molar-refractivity contribution < 1.29 is 4.79 Å². The van der Waals surface area contributed by atoms with Crippen molar-refractivity contribution in [2.24, 2.45) is 0 Å². The Balaban J connectivity index is 1.82. The Morgan fingerprint density at radius 2 is 2.22 bits per heavy atom. The van der Waals surface area contributed by atoms with Crippen molar-refractivity contribution in [2.75, 3.05) is 17.2 Å². The third-order valence-corrected chi connectivity index (χ3v) is 4.17. The Bertz CT molecular complexity index is 655. The number of anilines is 3. The highest BCUT2D eigenvalue weighted by Crippen LogP contribution is 2.34. The van der Waals surface area contributed by atoms with Crippen LogP contribution >= 0.6 is 0 Å². The Morgan fingerprint density at radius 1 is 1.26 bits per heavy atom. The molecule has 23 heavy (non-hydrogen) atoms. The number of pyridine rings is 1. The predicted molar refractivity (Wildman–Crippen MR) is 94.4 cm³/mol. The number of aldehydes is 1. The van der Waals surface area contributed by atoms with E-state index in [1.165, 1.54) is 23.2 Å². The Morgan fingerprint density at radius 3 is 3.04 bits per heavy atom. The highest BCUT2D eigenvalue weighted by molar-refractivity contribution is 5.78. The molecule has 0 saturated heterocycles. The van der Waals surface area contributed by atoms with Crippen LogP contribution in [0.25, 0.3) is 0 Å². The molecular weight excluding hydrogens is 286 g/mol. The van der Waals surface area contributed by atoms with Gasteiger partial charge in [0.15, 0.2) is 0 Å². The van der Waals surface area contributed by atoms with E-state index in [2.05, 4.69) is 27.8 Å². The number of carbonyl (C=O) groups is 1. The van der Waals surface area contributed by atoms with Crippen LogP contribution in [0.1, 0.15) is 36.8 Å². The van der Waals surface area contributed by atoms with E-state index in [4.69, 9.17) is 0 Å². The van der Waals surface area contributed by atoms with Gasteiger partial charge in [-0.25, -0.2) is 4.98 Å². The van der Waals surface area contributed by atoms with Crippen LogP contribution in [-0.4, -0.2) is 17.8 Å². The summed E-state index contributed by atoms with van der Waals surface area (Å²) in [6, 6.07) is 10.4. The van der Waals surface area contributed by atoms with Crippen LogP contribution in [0.2, 0.25) is 0 Å². The average molecular weight is 309 g/mol. The molecule has 1 aliphatic heterocycles. The van der Waals surface area contributed by atoms with Gasteiger partial charge in [0.25, 0.3) is 0 Å². The van der Waals surface area contributed by atoms with E-state index in [-0.39, 0.29) is 0 Å². The van der Waals surface area contributed by atoms with Crippen molar-refractivity contribution >= 4 is 23.5 Å². The van der Waals surface area contributed by atoms with Crippen LogP contribution in [0.3, 0.4) is 0 Å². The minimum Gasteiger partial charge on any atom is -0.383 e. The number of carbonyl (C=O) groups excluding carboxylic acids is 1. The van der Waals surface area contributed by atoms with E-state index in [1.807, 2.05) is 18.2 Å². The van der Waals surface area contributed by atoms with Crippen molar-refractivity contribution in [3.63, 3.8) is 0 Å². The van der Waals surface area contributed by atoms with E-state index in [1.54, 1.807) is 6.20 Å². The summed E-state index contributed by atoms with van der Waals surface area (Å²) in [5.41, 5.74) is 5.02. The molecular formula is C19H23N3O. The summed E-state index contributed by atoms with van der Waals surface area (Å²) in [7, 11) is 0. The van der Waals surface area contributed by atoms with Crippen LogP contribution in [0, 0.1) is 0 Å². The molecule has 4 nitrogen and oxygen atoms in total. The van der Waals surface area contributed by atoms with Crippen molar-refractivity contribution in [2.45, 2.75) is 38.5 Å². The van der Waals surface area contributed by atoms with Gasteiger partial charge in [-0.15, -0.1) is 0 Å². The number of hydrogen-bond acceptors (Lipinski definition) is 4. The molecule has 0 saturated carbocycles. The lowest BCUT2D eigenvalue weighted by Crippen LogP contribution is -2.14. The molecule has 2 aromatic rings. The molecule has 2 N–H and O–H groups in total. The van der Waals surface area contributed by atoms with Crippen LogP contribution in [0.4, 0.5) is 17.2 Å². The molecule has 0 radical (unpaired) electrons. The number of nitrogens with one attached hydrogen (secondary N) is 2. The molecule has 3 rings (SSSR count). The van der Waals surface area contributed by atoms with Gasteiger partial charge in [0, 0.05) is 19.2 Å². The summed E-state index contributed by atoms with van der Waals surface area (Å²) in [6.07, 6.45) is 8.77. The fourth-order valence-electron chi connectivity index (χ4n) is 3.04. The number of fused-ring (bicyclic) bond motifs is 1. The maximum Gasteiger partial charge on any atom is 0.130 e. The third-order valence-electron chi connectivity index (χ3n) is 4.17. The number of aromatic nitrogens is 1. The molecule has 2 heterocycles. The van der Waals surface area contributed by atoms with Gasteiger partial charge in [-0.05, 0) is 61.4 Å². The molecule has 0 spiro atoms. The Labute approximate surface area is 137 Å². The zero-order chi connectivity index (χ0) is 15.9. The zero-order valence-electron chi connectivity index (χ0n) is 13.3. The molecule has 1 aliphatic rings. The lowest BCUT2D eigenvalue weighted by molar-refractivity contribution is -0.107. The average Bonchev–Trinajstić information content (AvgIpc) is 2.60. The largest absolute Gasteiger partial charge is 0.383 e. The Hall–Kier alpha value is -2.36. The monoisotopic (exact) mass is 309 g/mol. The fourth-order valence-corrected chi connectivity index (χ4v) is 3.04. The first kappa shape index (κ1) is 15.5. The second-order valence-electron chi connectivity index (χ2n) is 5.96.